The van der Waals surface area contributed by atoms with E-state index in [1.165, 1.54) is 128 Å². The van der Waals surface area contributed by atoms with Crippen molar-refractivity contribution in [3.8, 4) is 112 Å². The van der Waals surface area contributed by atoms with Gasteiger partial charge in [0.1, 0.15) is 0 Å². The summed E-state index contributed by atoms with van der Waals surface area (Å²) in [5, 5.41) is 33.7. The Labute approximate surface area is 876 Å². The van der Waals surface area contributed by atoms with E-state index in [9.17, 15) is 19.2 Å². The molecule has 2 saturated heterocycles. The van der Waals surface area contributed by atoms with E-state index in [1.54, 1.807) is 102 Å². The predicted molar refractivity (Wildman–Crippen MR) is 574 cm³/mol. The summed E-state index contributed by atoms with van der Waals surface area (Å²) in [7, 11) is 0. The average Bonchev–Trinajstić information content (AvgIpc) is 1.63. The van der Waals surface area contributed by atoms with E-state index in [2.05, 4.69) is 117 Å². The molecule has 7 aliphatic carbocycles. The van der Waals surface area contributed by atoms with E-state index in [-0.39, 0.29) is 35.6 Å². The number of hydrogen-bond donors (Lipinski definition) is 4. The van der Waals surface area contributed by atoms with Crippen LogP contribution >= 0.6 is 138 Å². The molecule has 9 aliphatic rings. The van der Waals surface area contributed by atoms with E-state index in [4.69, 9.17) is 113 Å². The van der Waals surface area contributed by atoms with Crippen LogP contribution in [0.4, 0.5) is 0 Å². The van der Waals surface area contributed by atoms with Gasteiger partial charge in [0.15, 0.2) is 17.1 Å². The Morgan fingerprint density at radius 1 is 0.343 bits per heavy atom. The van der Waals surface area contributed by atoms with Crippen LogP contribution in [-0.4, -0.2) is 105 Å². The van der Waals surface area contributed by atoms with Crippen LogP contribution in [0.3, 0.4) is 0 Å². The molecule has 0 radical (unpaired) electrons. The topological polar surface area (TPSA) is 194 Å². The number of hydrogen-bond acceptors (Lipinski definition) is 14. The average molecular weight is 2110 g/mol. The highest BCUT2D eigenvalue weighted by Gasteiger charge is 2.39. The summed E-state index contributed by atoms with van der Waals surface area (Å²) in [6, 6.07) is 38.1. The number of aromatic nitrogens is 8. The van der Waals surface area contributed by atoms with Gasteiger partial charge in [-0.25, -0.2) is 28.7 Å². The van der Waals surface area contributed by atoms with E-state index < -0.39 is 0 Å². The zero-order valence-corrected chi connectivity index (χ0v) is 88.3. The van der Waals surface area contributed by atoms with Crippen LogP contribution < -0.4 is 21.5 Å². The van der Waals surface area contributed by atoms with Crippen molar-refractivity contribution in [2.24, 2.45) is 41.4 Å². The first kappa shape index (κ1) is 101. The summed E-state index contributed by atoms with van der Waals surface area (Å²) in [5.41, 5.74) is 18.1. The fourth-order valence-corrected chi connectivity index (χ4v) is 25.7. The molecule has 12 aromatic rings. The SMILES string of the molecule is Cc1c(C(=O)NC2CCCCC2)nn(-c2ccc(Cl)cc2Cl)c1-c1ccc(C#CC2CCCC2)s1.Cc1c(C(=O)NN2CC3CCCC3C2)nn(-c2ccc(Cl)cc2Cl)c1-c1ccc(C#CC2CCCCC2)s1.Cc1c(C(=O)NN2CCCCC2)nn(-c2ccc(Cl)cc2Cl)c1-c1ccc(C#CC2CC2)s1.Cc1c(CNC(=O)C2CCC2)nn(-c2ccc(Cl)cc2Cl)c1-c1ccc(C#CC2CCCC2)s1. The summed E-state index contributed by atoms with van der Waals surface area (Å²) >= 11 is 57.5. The Morgan fingerprint density at radius 2 is 0.664 bits per heavy atom. The maximum absolute atomic E-state index is 13.5. The Balaban J connectivity index is 0.000000124. The number of amides is 4. The summed E-state index contributed by atoms with van der Waals surface area (Å²) in [6.07, 6.45) is 34.5. The van der Waals surface area contributed by atoms with E-state index in [0.717, 1.165) is 179 Å². The molecule has 18 nitrogen and oxygen atoms in total. The lowest BCUT2D eigenvalue weighted by molar-refractivity contribution is -0.127. The molecule has 30 heteroatoms. The fourth-order valence-electron chi connectivity index (χ4n) is 20.0. The van der Waals surface area contributed by atoms with Crippen LogP contribution in [0.1, 0.15) is 265 Å². The minimum atomic E-state index is -0.204. The summed E-state index contributed by atoms with van der Waals surface area (Å²) in [4.78, 5) is 60.6. The summed E-state index contributed by atoms with van der Waals surface area (Å²) in [5.74, 6) is 30.4. The number of nitrogens with one attached hydrogen (secondary N) is 4. The number of rotatable bonds is 17. The zero-order chi connectivity index (χ0) is 97.2. The van der Waals surface area contributed by atoms with Crippen LogP contribution in [0.2, 0.25) is 40.2 Å². The van der Waals surface area contributed by atoms with E-state index in [0.29, 0.717) is 116 Å². The Hall–Kier alpha value is -9.12. The maximum Gasteiger partial charge on any atom is 0.286 e. The molecule has 0 bridgehead atoms. The van der Waals surface area contributed by atoms with E-state index in [1.807, 2.05) is 72.9 Å². The highest BCUT2D eigenvalue weighted by molar-refractivity contribution is 7.17. The number of fused-ring (bicyclic) bond motifs is 1. The molecule has 4 N–H and O–H groups in total. The number of carbonyl (C=O) groups is 4. The molecule has 9 fully saturated rings. The van der Waals surface area contributed by atoms with Crippen LogP contribution in [-0.2, 0) is 11.3 Å². The third-order valence-electron chi connectivity index (χ3n) is 28.1. The van der Waals surface area contributed by atoms with Gasteiger partial charge in [0.2, 0.25) is 5.91 Å². The number of benzene rings is 4. The predicted octanol–water partition coefficient (Wildman–Crippen LogP) is 28.6. The lowest BCUT2D eigenvalue weighted by atomic mass is 9.85. The number of halogens is 8. The lowest BCUT2D eigenvalue weighted by Gasteiger charge is -2.26. The molecular formula is C110H112Cl8N14O4S4. The molecule has 10 heterocycles. The van der Waals surface area contributed by atoms with Crippen LogP contribution in [0, 0.1) is 116 Å². The number of hydrazine groups is 2. The second-order valence-electron chi connectivity index (χ2n) is 38.2. The van der Waals surface area contributed by atoms with Gasteiger partial charge >= 0.3 is 0 Å². The van der Waals surface area contributed by atoms with Gasteiger partial charge < -0.3 is 10.6 Å². The van der Waals surface area contributed by atoms with Gasteiger partial charge in [0.05, 0.1) is 117 Å². The van der Waals surface area contributed by atoms with Gasteiger partial charge in [-0.15, -0.1) is 45.3 Å². The number of thiophene rings is 4. The Bertz CT molecular complexity index is 6830. The first-order valence-corrected chi connectivity index (χ1v) is 55.6. The van der Waals surface area contributed by atoms with Crippen molar-refractivity contribution in [2.75, 3.05) is 26.2 Å². The summed E-state index contributed by atoms with van der Waals surface area (Å²) < 4.78 is 7.19. The van der Waals surface area contributed by atoms with Crippen molar-refractivity contribution < 1.29 is 19.2 Å². The zero-order valence-electron chi connectivity index (χ0n) is 79.0. The van der Waals surface area contributed by atoms with Crippen molar-refractivity contribution in [1.82, 2.24) is 70.6 Å². The minimum Gasteiger partial charge on any atom is -0.350 e. The minimum absolute atomic E-state index is 0.117. The van der Waals surface area contributed by atoms with Crippen molar-refractivity contribution in [1.29, 1.82) is 0 Å². The lowest BCUT2D eigenvalue weighted by Crippen LogP contribution is -2.45. The van der Waals surface area contributed by atoms with Crippen molar-refractivity contribution in [3.63, 3.8) is 0 Å². The smallest absolute Gasteiger partial charge is 0.286 e. The molecule has 140 heavy (non-hydrogen) atoms. The van der Waals surface area contributed by atoms with Crippen molar-refractivity contribution in [2.45, 2.75) is 226 Å². The molecule has 21 rings (SSSR count). The standard InChI is InChI=1S/C30H32Cl2N4OS.C28H29Cl2N3OS.C27H27Cl2N3OS.C25H24Cl2N4OS/c1-19-28(30(37)34-35-17-21-8-5-9-22(21)18-35)33-36(26-14-11-23(31)16-25(26)32)29(19)27-15-13-24(38-27)12-10-20-6-3-2-4-7-20;1-18-26(28(34)31-21-9-3-2-4-10-21)32-33(24-15-12-20(29)17-23(24)30)27(18)25-16-14-22(35-25)13-11-19-7-5-6-8-19;1-17-23(16-30-27(33)19-7-4-8-19)31-32(24-13-10-20(28)15-22(24)29)26(17)25-14-12-21(34-25)11-9-18-5-2-3-6-18;1-16-23(25(32)29-30-13-3-2-4-14-30)28-31(21-11-8-18(26)15-20(21)27)24(16)22-12-10-19(33-22)9-7-17-5-6-17/h11,13-16,20-22H,2-9,17-18H2,1H3,(H,34,37);12,14-17,19,21H,2-10H2,1H3,(H,31,34);10,12-15,18-19H,2-8,16H2,1H3,(H,30,33);8,10-12,15,17H,2-6,13-14H2,1H3,(H,29,32). The molecule has 726 valence electrons. The molecule has 2 unspecified atom stereocenters. The molecular weight excluding hydrogens is 1990 g/mol. The molecule has 2 aliphatic heterocycles. The summed E-state index contributed by atoms with van der Waals surface area (Å²) in [6.45, 7) is 11.8. The van der Waals surface area contributed by atoms with Crippen LogP contribution in [0.5, 0.6) is 0 Å². The maximum atomic E-state index is 13.5. The first-order chi connectivity index (χ1) is 67.9. The second kappa shape index (κ2) is 46.7. The van der Waals surface area contributed by atoms with Gasteiger partial charge in [-0.1, -0.05) is 224 Å². The third kappa shape index (κ3) is 24.6. The van der Waals surface area contributed by atoms with Crippen molar-refractivity contribution in [3.05, 3.63) is 226 Å². The third-order valence-corrected chi connectivity index (χ3v) is 34.3. The largest absolute Gasteiger partial charge is 0.350 e. The fraction of sp³-hybridized carbons (Fsp3) is 0.418. The molecule has 4 amide bonds. The highest BCUT2D eigenvalue weighted by atomic mass is 35.5. The van der Waals surface area contributed by atoms with E-state index >= 15 is 0 Å². The number of nitrogens with zero attached hydrogens (tertiary/aromatic N) is 10. The number of piperidine rings is 1. The number of carbonyl (C=O) groups excluding carboxylic acids is 4. The highest BCUT2D eigenvalue weighted by Crippen LogP contribution is 2.45. The molecule has 4 aromatic carbocycles. The van der Waals surface area contributed by atoms with Crippen LogP contribution in [0.15, 0.2) is 121 Å². The van der Waals surface area contributed by atoms with Gasteiger partial charge in [-0.3, -0.25) is 30.0 Å². The molecule has 8 aromatic heterocycles. The van der Waals surface area contributed by atoms with Crippen molar-refractivity contribution >= 4 is 162 Å². The Kier molecular flexibility index (Phi) is 33.7. The first-order valence-electron chi connectivity index (χ1n) is 49.3. The van der Waals surface area contributed by atoms with Gasteiger partial charge in [0, 0.05) is 104 Å². The quantitative estimate of drug-likeness (QED) is 0.0637. The van der Waals surface area contributed by atoms with Gasteiger partial charge in [-0.2, -0.15) is 20.4 Å². The van der Waals surface area contributed by atoms with Gasteiger partial charge in [-0.05, 0) is 264 Å². The monoisotopic (exact) mass is 2100 g/mol. The molecule has 2 atom stereocenters. The molecule has 0 spiro atoms. The Morgan fingerprint density at radius 3 is 1.02 bits per heavy atom. The van der Waals surface area contributed by atoms with Gasteiger partial charge in [0.25, 0.3) is 17.7 Å². The molecule has 7 saturated carbocycles. The van der Waals surface area contributed by atoms with Crippen LogP contribution in [0.25, 0.3) is 65.0 Å². The normalized spacial score (nSPS) is 17.9. The second-order valence-corrected chi connectivity index (χ2v) is 45.9.